The molecule has 0 aliphatic rings. The van der Waals surface area contributed by atoms with Gasteiger partial charge in [-0.3, -0.25) is 4.98 Å². The van der Waals surface area contributed by atoms with Crippen LogP contribution in [0.25, 0.3) is 0 Å². The van der Waals surface area contributed by atoms with E-state index in [1.54, 1.807) is 43.0 Å². The van der Waals surface area contributed by atoms with E-state index in [1.165, 1.54) is 11.3 Å². The van der Waals surface area contributed by atoms with Crippen molar-refractivity contribution >= 4 is 27.0 Å². The Morgan fingerprint density at radius 3 is 2.78 bits per heavy atom. The van der Waals surface area contributed by atoms with Gasteiger partial charge in [-0.05, 0) is 12.1 Å². The molecule has 2 aromatic rings. The van der Waals surface area contributed by atoms with Crippen LogP contribution in [0.4, 0.5) is 5.69 Å². The molecule has 0 atom stereocenters. The third kappa shape index (κ3) is 2.87. The Balaban J connectivity index is 2.20. The number of thiazole rings is 1. The molecule has 0 bridgehead atoms. The van der Waals surface area contributed by atoms with Gasteiger partial charge in [0.25, 0.3) is 0 Å². The number of nitrogens with one attached hydrogen (secondary N) is 2. The van der Waals surface area contributed by atoms with Gasteiger partial charge >= 0.3 is 0 Å². The first-order chi connectivity index (χ1) is 8.63. The number of rotatable bonds is 5. The van der Waals surface area contributed by atoms with E-state index in [9.17, 15) is 8.42 Å². The lowest BCUT2D eigenvalue weighted by Gasteiger charge is -2.10. The highest BCUT2D eigenvalue weighted by atomic mass is 32.2. The highest BCUT2D eigenvalue weighted by Gasteiger charge is 2.17. The van der Waals surface area contributed by atoms with Crippen LogP contribution in [-0.2, 0) is 16.6 Å². The first-order valence-electron chi connectivity index (χ1n) is 5.27. The number of nitrogens with zero attached hydrogens (tertiary/aromatic N) is 1. The fourth-order valence-corrected chi connectivity index (χ4v) is 3.32. The van der Waals surface area contributed by atoms with E-state index in [1.807, 2.05) is 0 Å². The molecule has 0 fully saturated rings. The largest absolute Gasteiger partial charge is 0.387 e. The van der Waals surface area contributed by atoms with Crippen LogP contribution < -0.4 is 10.0 Å². The fourth-order valence-electron chi connectivity index (χ4n) is 1.48. The Labute approximate surface area is 110 Å². The van der Waals surface area contributed by atoms with Crippen molar-refractivity contribution in [3.63, 3.8) is 0 Å². The lowest BCUT2D eigenvalue weighted by Crippen LogP contribution is -2.23. The van der Waals surface area contributed by atoms with Crippen molar-refractivity contribution in [2.45, 2.75) is 11.4 Å². The summed E-state index contributed by atoms with van der Waals surface area (Å²) in [6.07, 6.45) is 1.65. The quantitative estimate of drug-likeness (QED) is 0.875. The van der Waals surface area contributed by atoms with Crippen molar-refractivity contribution in [1.29, 1.82) is 0 Å². The van der Waals surface area contributed by atoms with Gasteiger partial charge in [0.1, 0.15) is 4.90 Å². The lowest BCUT2D eigenvalue weighted by molar-refractivity contribution is 0.582. The molecule has 0 aliphatic carbocycles. The zero-order chi connectivity index (χ0) is 13.0. The van der Waals surface area contributed by atoms with E-state index in [-0.39, 0.29) is 11.4 Å². The van der Waals surface area contributed by atoms with Gasteiger partial charge in [-0.2, -0.15) is 0 Å². The van der Waals surface area contributed by atoms with E-state index in [2.05, 4.69) is 15.0 Å². The Morgan fingerprint density at radius 2 is 2.11 bits per heavy atom. The van der Waals surface area contributed by atoms with Crippen molar-refractivity contribution in [2.75, 3.05) is 12.4 Å². The van der Waals surface area contributed by atoms with Crippen LogP contribution >= 0.6 is 11.3 Å². The molecule has 0 saturated carbocycles. The van der Waals surface area contributed by atoms with Gasteiger partial charge < -0.3 is 5.32 Å². The first-order valence-corrected chi connectivity index (χ1v) is 7.63. The molecule has 0 aliphatic heterocycles. The van der Waals surface area contributed by atoms with Gasteiger partial charge in [0.15, 0.2) is 0 Å². The molecule has 5 nitrogen and oxygen atoms in total. The van der Waals surface area contributed by atoms with Crippen LogP contribution in [0, 0.1) is 0 Å². The van der Waals surface area contributed by atoms with Crippen molar-refractivity contribution < 1.29 is 8.42 Å². The molecular formula is C11H13N3O2S2. The minimum atomic E-state index is -3.51. The second kappa shape index (κ2) is 5.47. The fraction of sp³-hybridized carbons (Fsp3) is 0.182. The van der Waals surface area contributed by atoms with Crippen molar-refractivity contribution in [1.82, 2.24) is 9.71 Å². The molecule has 1 heterocycles. The maximum absolute atomic E-state index is 12.1. The minimum Gasteiger partial charge on any atom is -0.387 e. The van der Waals surface area contributed by atoms with E-state index in [4.69, 9.17) is 0 Å². The average Bonchev–Trinajstić information content (AvgIpc) is 2.89. The first kappa shape index (κ1) is 13.0. The molecule has 0 unspecified atom stereocenters. The summed E-state index contributed by atoms with van der Waals surface area (Å²) in [5.74, 6) is 0. The molecule has 18 heavy (non-hydrogen) atoms. The second-order valence-corrected chi connectivity index (χ2v) is 6.24. The number of anilines is 1. The summed E-state index contributed by atoms with van der Waals surface area (Å²) < 4.78 is 26.8. The Kier molecular flexibility index (Phi) is 3.95. The standard InChI is InChI=1S/C11H13N3O2S2/c1-12-10-4-2-3-5-11(10)18(15,16)14-7-9-6-13-8-17-9/h2-6,8,12,14H,7H2,1H3. The number of benzene rings is 1. The lowest BCUT2D eigenvalue weighted by atomic mass is 10.3. The predicted octanol–water partition coefficient (Wildman–Crippen LogP) is 1.66. The number of para-hydroxylation sites is 1. The molecule has 0 amide bonds. The Bertz CT molecular complexity index is 609. The summed E-state index contributed by atoms with van der Waals surface area (Å²) in [6, 6.07) is 6.78. The Hall–Kier alpha value is -1.44. The van der Waals surface area contributed by atoms with Gasteiger partial charge in [-0.1, -0.05) is 12.1 Å². The maximum atomic E-state index is 12.1. The van der Waals surface area contributed by atoms with Gasteiger partial charge in [-0.25, -0.2) is 13.1 Å². The number of hydrogen-bond donors (Lipinski definition) is 2. The zero-order valence-corrected chi connectivity index (χ0v) is 11.4. The van der Waals surface area contributed by atoms with Crippen LogP contribution in [0.5, 0.6) is 0 Å². The SMILES string of the molecule is CNc1ccccc1S(=O)(=O)NCc1cncs1. The summed E-state index contributed by atoms with van der Waals surface area (Å²) in [5.41, 5.74) is 2.25. The molecule has 1 aromatic carbocycles. The van der Waals surface area contributed by atoms with Crippen LogP contribution in [0.3, 0.4) is 0 Å². The summed E-state index contributed by atoms with van der Waals surface area (Å²) in [5, 5.41) is 2.87. The number of aromatic nitrogens is 1. The monoisotopic (exact) mass is 283 g/mol. The third-order valence-electron chi connectivity index (χ3n) is 2.37. The zero-order valence-electron chi connectivity index (χ0n) is 9.75. The predicted molar refractivity (Wildman–Crippen MR) is 72.1 cm³/mol. The van der Waals surface area contributed by atoms with Crippen LogP contribution in [0.1, 0.15) is 4.88 Å². The number of hydrogen-bond acceptors (Lipinski definition) is 5. The van der Waals surface area contributed by atoms with Crippen LogP contribution in [0.15, 0.2) is 40.9 Å². The molecule has 2 N–H and O–H groups in total. The highest BCUT2D eigenvalue weighted by molar-refractivity contribution is 7.89. The highest BCUT2D eigenvalue weighted by Crippen LogP contribution is 2.20. The van der Waals surface area contributed by atoms with E-state index in [0.29, 0.717) is 5.69 Å². The molecular weight excluding hydrogens is 270 g/mol. The second-order valence-electron chi connectivity index (χ2n) is 3.54. The topological polar surface area (TPSA) is 71.1 Å². The molecule has 0 saturated heterocycles. The number of sulfonamides is 1. The molecule has 96 valence electrons. The normalized spacial score (nSPS) is 11.4. The van der Waals surface area contributed by atoms with Crippen molar-refractivity contribution in [3.8, 4) is 0 Å². The van der Waals surface area contributed by atoms with Crippen molar-refractivity contribution in [2.24, 2.45) is 0 Å². The Morgan fingerprint density at radius 1 is 1.33 bits per heavy atom. The smallest absolute Gasteiger partial charge is 0.242 e. The van der Waals surface area contributed by atoms with E-state index in [0.717, 1.165) is 4.88 Å². The van der Waals surface area contributed by atoms with Gasteiger partial charge in [-0.15, -0.1) is 11.3 Å². The molecule has 1 aromatic heterocycles. The summed E-state index contributed by atoms with van der Waals surface area (Å²) in [4.78, 5) is 5.02. The van der Waals surface area contributed by atoms with E-state index < -0.39 is 10.0 Å². The van der Waals surface area contributed by atoms with Crippen LogP contribution in [-0.4, -0.2) is 20.4 Å². The van der Waals surface area contributed by atoms with Gasteiger partial charge in [0.05, 0.1) is 11.2 Å². The molecule has 0 spiro atoms. The van der Waals surface area contributed by atoms with Crippen LogP contribution in [0.2, 0.25) is 0 Å². The molecule has 2 rings (SSSR count). The average molecular weight is 283 g/mol. The molecule has 7 heteroatoms. The molecule has 0 radical (unpaired) electrons. The van der Waals surface area contributed by atoms with Crippen molar-refractivity contribution in [3.05, 3.63) is 40.8 Å². The maximum Gasteiger partial charge on any atom is 0.242 e. The van der Waals surface area contributed by atoms with Gasteiger partial charge in [0.2, 0.25) is 10.0 Å². The summed E-state index contributed by atoms with van der Waals surface area (Å²) in [7, 11) is -1.82. The summed E-state index contributed by atoms with van der Waals surface area (Å²) >= 11 is 1.42. The third-order valence-corrected chi connectivity index (χ3v) is 4.60. The van der Waals surface area contributed by atoms with E-state index >= 15 is 0 Å². The minimum absolute atomic E-state index is 0.247. The summed E-state index contributed by atoms with van der Waals surface area (Å²) in [6.45, 7) is 0.255. The van der Waals surface area contributed by atoms with Gasteiger partial charge in [0, 0.05) is 24.7 Å².